The molecule has 0 aromatic heterocycles. The van der Waals surface area contributed by atoms with Crippen molar-refractivity contribution < 1.29 is 14.7 Å². The maximum atomic E-state index is 11.7. The van der Waals surface area contributed by atoms with E-state index in [2.05, 4.69) is 37.8 Å². The van der Waals surface area contributed by atoms with Crippen molar-refractivity contribution in [1.29, 1.82) is 0 Å². The largest absolute Gasteiger partial charge is 0.550 e. The van der Waals surface area contributed by atoms with Crippen LogP contribution in [0.2, 0.25) is 0 Å². The lowest BCUT2D eigenvalue weighted by Gasteiger charge is -2.37. The molecule has 1 fully saturated rings. The molecule has 1 aromatic rings. The Morgan fingerprint density at radius 1 is 1.05 bits per heavy atom. The maximum absolute atomic E-state index is 11.7. The van der Waals surface area contributed by atoms with E-state index in [0.29, 0.717) is 13.1 Å². The molecule has 2 rings (SSSR count). The Labute approximate surface area is 125 Å². The second kappa shape index (κ2) is 6.16. The minimum Gasteiger partial charge on any atom is -0.550 e. The summed E-state index contributed by atoms with van der Waals surface area (Å²) >= 11 is 0. The van der Waals surface area contributed by atoms with Crippen LogP contribution in [0.1, 0.15) is 23.1 Å². The third-order valence-electron chi connectivity index (χ3n) is 3.88. The zero-order chi connectivity index (χ0) is 15.6. The molecule has 0 aliphatic carbocycles. The summed E-state index contributed by atoms with van der Waals surface area (Å²) in [6.45, 7) is 8.84. The number of anilines is 1. The standard InChI is InChI=1S/C16H22N2O3/c1-11-8-12(2)16(13(3)9-11)18-6-4-17(5-7-18)14(19)10-15(20)21/h8-9H,4-7,10H2,1-3H3,(H,20,21)/p-1. The predicted octanol–water partition coefficient (Wildman–Crippen LogP) is 0.400. The lowest BCUT2D eigenvalue weighted by atomic mass is 10.0. The van der Waals surface area contributed by atoms with Crippen molar-refractivity contribution in [3.8, 4) is 0 Å². The van der Waals surface area contributed by atoms with E-state index in [0.717, 1.165) is 13.1 Å². The number of aryl methyl sites for hydroxylation is 3. The van der Waals surface area contributed by atoms with Crippen molar-refractivity contribution in [3.05, 3.63) is 28.8 Å². The molecule has 0 radical (unpaired) electrons. The second-order valence-electron chi connectivity index (χ2n) is 5.66. The topological polar surface area (TPSA) is 63.7 Å². The Morgan fingerprint density at radius 3 is 2.05 bits per heavy atom. The molecule has 1 saturated heterocycles. The highest BCUT2D eigenvalue weighted by Gasteiger charge is 2.22. The van der Waals surface area contributed by atoms with Crippen LogP contribution >= 0.6 is 0 Å². The minimum atomic E-state index is -1.31. The Kier molecular flexibility index (Phi) is 4.50. The number of piperazine rings is 1. The Bertz CT molecular complexity index is 538. The first kappa shape index (κ1) is 15.4. The zero-order valence-corrected chi connectivity index (χ0v) is 12.8. The van der Waals surface area contributed by atoms with Crippen molar-refractivity contribution in [2.75, 3.05) is 31.1 Å². The molecule has 1 heterocycles. The van der Waals surface area contributed by atoms with Gasteiger partial charge >= 0.3 is 0 Å². The number of carboxylic acid groups (broad SMARTS) is 1. The van der Waals surface area contributed by atoms with Crippen molar-refractivity contribution in [3.63, 3.8) is 0 Å². The smallest absolute Gasteiger partial charge is 0.228 e. The van der Waals surface area contributed by atoms with Crippen molar-refractivity contribution >= 4 is 17.6 Å². The van der Waals surface area contributed by atoms with Crippen LogP contribution in [0.3, 0.4) is 0 Å². The van der Waals surface area contributed by atoms with Gasteiger partial charge in [0, 0.05) is 31.9 Å². The van der Waals surface area contributed by atoms with Gasteiger partial charge in [-0.25, -0.2) is 0 Å². The Balaban J connectivity index is 2.05. The van der Waals surface area contributed by atoms with Gasteiger partial charge in [-0.3, -0.25) is 4.79 Å². The maximum Gasteiger partial charge on any atom is 0.228 e. The summed E-state index contributed by atoms with van der Waals surface area (Å²) in [6.07, 6.45) is -0.525. The number of nitrogens with zero attached hydrogens (tertiary/aromatic N) is 2. The van der Waals surface area contributed by atoms with E-state index < -0.39 is 12.4 Å². The van der Waals surface area contributed by atoms with Crippen LogP contribution in [0.15, 0.2) is 12.1 Å². The predicted molar refractivity (Wildman–Crippen MR) is 79.1 cm³/mol. The lowest BCUT2D eigenvalue weighted by Crippen LogP contribution is -2.50. The number of amides is 1. The third-order valence-corrected chi connectivity index (χ3v) is 3.88. The van der Waals surface area contributed by atoms with Gasteiger partial charge in [-0.15, -0.1) is 0 Å². The highest BCUT2D eigenvalue weighted by molar-refractivity contribution is 5.92. The molecule has 1 aliphatic heterocycles. The summed E-state index contributed by atoms with van der Waals surface area (Å²) < 4.78 is 0. The number of hydrogen-bond acceptors (Lipinski definition) is 4. The molecular formula is C16H21N2O3-. The van der Waals surface area contributed by atoms with Gasteiger partial charge in [-0.05, 0) is 31.9 Å². The van der Waals surface area contributed by atoms with Gasteiger partial charge in [0.05, 0.1) is 12.4 Å². The molecule has 114 valence electrons. The van der Waals surface area contributed by atoms with Crippen LogP contribution in [0.5, 0.6) is 0 Å². The quantitative estimate of drug-likeness (QED) is 0.756. The average molecular weight is 289 g/mol. The van der Waals surface area contributed by atoms with Crippen LogP contribution in [0.25, 0.3) is 0 Å². The zero-order valence-electron chi connectivity index (χ0n) is 12.8. The molecule has 1 aliphatic rings. The fraction of sp³-hybridized carbons (Fsp3) is 0.500. The van der Waals surface area contributed by atoms with E-state index in [1.165, 1.54) is 22.4 Å². The molecular weight excluding hydrogens is 268 g/mol. The van der Waals surface area contributed by atoms with Crippen molar-refractivity contribution in [1.82, 2.24) is 4.90 Å². The Morgan fingerprint density at radius 2 is 1.57 bits per heavy atom. The average Bonchev–Trinajstić information content (AvgIpc) is 2.37. The van der Waals surface area contributed by atoms with E-state index in [1.807, 2.05) is 0 Å². The summed E-state index contributed by atoms with van der Waals surface area (Å²) in [4.78, 5) is 26.1. The first-order chi connectivity index (χ1) is 9.88. The van der Waals surface area contributed by atoms with Crippen molar-refractivity contribution in [2.45, 2.75) is 27.2 Å². The number of rotatable bonds is 3. The molecule has 0 atom stereocenters. The van der Waals surface area contributed by atoms with Gasteiger partial charge < -0.3 is 19.7 Å². The summed E-state index contributed by atoms with van der Waals surface area (Å²) in [7, 11) is 0. The summed E-state index contributed by atoms with van der Waals surface area (Å²) in [5.41, 5.74) is 4.95. The second-order valence-corrected chi connectivity index (χ2v) is 5.66. The molecule has 1 aromatic carbocycles. The van der Waals surface area contributed by atoms with Gasteiger partial charge in [0.15, 0.2) is 0 Å². The van der Waals surface area contributed by atoms with Gasteiger partial charge in [-0.2, -0.15) is 0 Å². The van der Waals surface area contributed by atoms with E-state index in [-0.39, 0.29) is 5.91 Å². The summed E-state index contributed by atoms with van der Waals surface area (Å²) in [5, 5.41) is 10.5. The fourth-order valence-corrected chi connectivity index (χ4v) is 3.09. The van der Waals surface area contributed by atoms with E-state index >= 15 is 0 Å². The molecule has 1 amide bonds. The summed E-state index contributed by atoms with van der Waals surface area (Å²) in [5.74, 6) is -1.67. The molecule has 0 bridgehead atoms. The van der Waals surface area contributed by atoms with Crippen LogP contribution < -0.4 is 10.0 Å². The van der Waals surface area contributed by atoms with E-state index in [9.17, 15) is 14.7 Å². The number of benzene rings is 1. The van der Waals surface area contributed by atoms with E-state index in [4.69, 9.17) is 0 Å². The highest BCUT2D eigenvalue weighted by Crippen LogP contribution is 2.27. The molecule has 21 heavy (non-hydrogen) atoms. The number of hydrogen-bond donors (Lipinski definition) is 0. The molecule has 5 nitrogen and oxygen atoms in total. The molecule has 0 spiro atoms. The minimum absolute atomic E-state index is 0.355. The normalized spacial score (nSPS) is 15.2. The van der Waals surface area contributed by atoms with Crippen LogP contribution in [0, 0.1) is 20.8 Å². The molecule has 5 heteroatoms. The van der Waals surface area contributed by atoms with Crippen LogP contribution in [-0.4, -0.2) is 43.0 Å². The van der Waals surface area contributed by atoms with Gasteiger partial charge in [-0.1, -0.05) is 17.7 Å². The van der Waals surface area contributed by atoms with Crippen LogP contribution in [-0.2, 0) is 9.59 Å². The molecule has 0 unspecified atom stereocenters. The fourth-order valence-electron chi connectivity index (χ4n) is 3.09. The SMILES string of the molecule is Cc1cc(C)c(N2CCN(C(=O)CC(=O)[O-])CC2)c(C)c1. The Hall–Kier alpha value is -2.04. The van der Waals surface area contributed by atoms with Crippen LogP contribution in [0.4, 0.5) is 5.69 Å². The monoisotopic (exact) mass is 289 g/mol. The van der Waals surface area contributed by atoms with Crippen molar-refractivity contribution in [2.24, 2.45) is 0 Å². The first-order valence-electron chi connectivity index (χ1n) is 7.19. The summed E-state index contributed by atoms with van der Waals surface area (Å²) in [6, 6.07) is 4.33. The van der Waals surface area contributed by atoms with Gasteiger partial charge in [0.25, 0.3) is 0 Å². The van der Waals surface area contributed by atoms with E-state index in [1.54, 1.807) is 4.90 Å². The number of carboxylic acids is 1. The first-order valence-corrected chi connectivity index (χ1v) is 7.19. The number of carbonyl (C=O) groups excluding carboxylic acids is 2. The molecule has 0 saturated carbocycles. The van der Waals surface area contributed by atoms with Gasteiger partial charge in [0.2, 0.25) is 5.91 Å². The lowest BCUT2D eigenvalue weighted by molar-refractivity contribution is -0.304. The van der Waals surface area contributed by atoms with Gasteiger partial charge in [0.1, 0.15) is 0 Å². The number of aliphatic carboxylic acids is 1. The third kappa shape index (κ3) is 3.54. The molecule has 0 N–H and O–H groups in total. The number of carbonyl (C=O) groups is 2. The highest BCUT2D eigenvalue weighted by atomic mass is 16.4.